The number of nitrogens with zero attached hydrogens (tertiary/aromatic N) is 6. The van der Waals surface area contributed by atoms with Gasteiger partial charge in [0.25, 0.3) is 5.62 Å². The number of aromatic hydroxyl groups is 1. The van der Waals surface area contributed by atoms with E-state index < -0.39 is 11.5 Å². The average molecular weight is 419 g/mol. The summed E-state index contributed by atoms with van der Waals surface area (Å²) >= 11 is 0. The molecule has 5 rings (SSSR count). The van der Waals surface area contributed by atoms with Crippen molar-refractivity contribution in [1.82, 2.24) is 29.5 Å². The molecule has 1 saturated carbocycles. The molecule has 154 valence electrons. The van der Waals surface area contributed by atoms with Crippen LogP contribution in [0.5, 0.6) is 5.88 Å². The summed E-state index contributed by atoms with van der Waals surface area (Å²) in [5, 5.41) is 26.3. The Morgan fingerprint density at radius 3 is 2.87 bits per heavy atom. The Kier molecular flexibility index (Phi) is 4.21. The Morgan fingerprint density at radius 2 is 2.19 bits per heavy atom. The first-order valence-electron chi connectivity index (χ1n) is 9.29. The van der Waals surface area contributed by atoms with Crippen LogP contribution in [-0.2, 0) is 0 Å². The van der Waals surface area contributed by atoms with E-state index in [1.54, 1.807) is 0 Å². The number of imidazole rings is 1. The molecule has 11 nitrogen and oxygen atoms in total. The number of benzene rings is 1. The molecule has 0 spiro atoms. The van der Waals surface area contributed by atoms with E-state index in [1.165, 1.54) is 28.9 Å². The highest BCUT2D eigenvalue weighted by atomic mass is 19.1. The van der Waals surface area contributed by atoms with Crippen LogP contribution in [0.4, 0.5) is 16.0 Å². The maximum atomic E-state index is 14.3. The number of fused-ring (bicyclic) bond motifs is 1. The lowest BCUT2D eigenvalue weighted by molar-refractivity contribution is 0.454. The van der Waals surface area contributed by atoms with Gasteiger partial charge in [-0.3, -0.25) is 4.98 Å². The van der Waals surface area contributed by atoms with E-state index in [2.05, 4.69) is 35.3 Å². The molecule has 1 fully saturated rings. The van der Waals surface area contributed by atoms with Crippen molar-refractivity contribution in [2.24, 2.45) is 4.99 Å². The third kappa shape index (κ3) is 3.60. The van der Waals surface area contributed by atoms with E-state index in [1.807, 2.05) is 6.07 Å². The fraction of sp³-hybridized carbons (Fsp3) is 0.158. The van der Waals surface area contributed by atoms with Crippen LogP contribution in [0.25, 0.3) is 11.7 Å². The number of anilines is 2. The largest absolute Gasteiger partial charge is 0.493 e. The van der Waals surface area contributed by atoms with Crippen molar-refractivity contribution in [1.29, 1.82) is 5.26 Å². The molecule has 0 amide bonds. The average Bonchev–Trinajstić information content (AvgIpc) is 3.38. The Morgan fingerprint density at radius 1 is 1.35 bits per heavy atom. The zero-order valence-electron chi connectivity index (χ0n) is 15.8. The first-order valence-corrected chi connectivity index (χ1v) is 9.29. The van der Waals surface area contributed by atoms with Gasteiger partial charge in [0.05, 0.1) is 29.6 Å². The molecule has 4 N–H and O–H groups in total. The Hall–Kier alpha value is -4.53. The molecule has 0 radical (unpaired) electrons. The van der Waals surface area contributed by atoms with Crippen LogP contribution in [0.1, 0.15) is 24.1 Å². The second-order valence-corrected chi connectivity index (χ2v) is 6.96. The van der Waals surface area contributed by atoms with Crippen LogP contribution < -0.4 is 21.8 Å². The Bertz CT molecular complexity index is 1540. The zero-order chi connectivity index (χ0) is 21.5. The van der Waals surface area contributed by atoms with Gasteiger partial charge in [0.1, 0.15) is 11.5 Å². The molecular weight excluding hydrogens is 405 g/mol. The summed E-state index contributed by atoms with van der Waals surface area (Å²) in [5.74, 6) is -0.866. The Labute approximate surface area is 172 Å². The van der Waals surface area contributed by atoms with Crippen LogP contribution in [-0.4, -0.2) is 40.7 Å². The molecule has 3 heterocycles. The summed E-state index contributed by atoms with van der Waals surface area (Å²) in [4.78, 5) is 29.4. The molecule has 3 aromatic heterocycles. The van der Waals surface area contributed by atoms with Gasteiger partial charge in [-0.2, -0.15) is 24.8 Å². The zero-order valence-corrected chi connectivity index (χ0v) is 15.8. The SMILES string of the molecule is N#Cc1ccc(Nc2nc(=NC3CC3)n3nc/c(=C/c4[nH]c(=O)[nH]c4O)c3n2)c(F)c1. The van der Waals surface area contributed by atoms with Crippen LogP contribution >= 0.6 is 0 Å². The van der Waals surface area contributed by atoms with Crippen molar-refractivity contribution in [2.45, 2.75) is 18.9 Å². The molecule has 0 unspecified atom stereocenters. The topological polar surface area (TPSA) is 160 Å². The van der Waals surface area contributed by atoms with E-state index in [4.69, 9.17) is 5.26 Å². The normalized spacial score (nSPS) is 14.8. The van der Waals surface area contributed by atoms with Crippen LogP contribution in [0.2, 0.25) is 0 Å². The molecule has 0 atom stereocenters. The van der Waals surface area contributed by atoms with Gasteiger partial charge in [-0.15, -0.1) is 0 Å². The lowest BCUT2D eigenvalue weighted by Crippen LogP contribution is -2.24. The monoisotopic (exact) mass is 419 g/mol. The quantitative estimate of drug-likeness (QED) is 0.368. The molecule has 12 heteroatoms. The first-order chi connectivity index (χ1) is 15.0. The molecule has 0 bridgehead atoms. The number of nitriles is 1. The summed E-state index contributed by atoms with van der Waals surface area (Å²) in [6, 6.07) is 6.02. The number of aromatic amines is 2. The molecule has 4 aromatic rings. The van der Waals surface area contributed by atoms with Gasteiger partial charge in [-0.05, 0) is 37.1 Å². The van der Waals surface area contributed by atoms with E-state index in [9.17, 15) is 14.3 Å². The van der Waals surface area contributed by atoms with Crippen LogP contribution in [0, 0.1) is 17.1 Å². The van der Waals surface area contributed by atoms with E-state index >= 15 is 0 Å². The predicted molar refractivity (Wildman–Crippen MR) is 106 cm³/mol. The summed E-state index contributed by atoms with van der Waals surface area (Å²) < 4.78 is 15.8. The van der Waals surface area contributed by atoms with Gasteiger partial charge in [0.15, 0.2) is 5.65 Å². The summed E-state index contributed by atoms with van der Waals surface area (Å²) in [7, 11) is 0. The molecule has 0 saturated heterocycles. The molecule has 1 aliphatic carbocycles. The van der Waals surface area contributed by atoms with Gasteiger partial charge in [-0.1, -0.05) is 0 Å². The van der Waals surface area contributed by atoms with E-state index in [0.717, 1.165) is 18.9 Å². The van der Waals surface area contributed by atoms with Crippen molar-refractivity contribution < 1.29 is 9.50 Å². The fourth-order valence-electron chi connectivity index (χ4n) is 2.94. The lowest BCUT2D eigenvalue weighted by atomic mass is 10.2. The molecule has 1 aromatic carbocycles. The predicted octanol–water partition coefficient (Wildman–Crippen LogP) is 0.211. The highest BCUT2D eigenvalue weighted by Gasteiger charge is 2.21. The maximum Gasteiger partial charge on any atom is 0.326 e. The number of hydrogen-bond donors (Lipinski definition) is 4. The number of nitrogens with one attached hydrogen (secondary N) is 3. The van der Waals surface area contributed by atoms with Gasteiger partial charge in [-0.25, -0.2) is 14.2 Å². The molecule has 31 heavy (non-hydrogen) atoms. The van der Waals surface area contributed by atoms with Gasteiger partial charge < -0.3 is 15.4 Å². The maximum absolute atomic E-state index is 14.3. The summed E-state index contributed by atoms with van der Waals surface area (Å²) in [6.45, 7) is 0. The molecular formula is C19H14FN9O2. The summed E-state index contributed by atoms with van der Waals surface area (Å²) in [6.07, 6.45) is 4.87. The number of aromatic nitrogens is 6. The molecule has 1 aliphatic rings. The van der Waals surface area contributed by atoms with Crippen molar-refractivity contribution in [3.05, 3.63) is 62.8 Å². The van der Waals surface area contributed by atoms with Crippen molar-refractivity contribution in [2.75, 3.05) is 5.32 Å². The smallest absolute Gasteiger partial charge is 0.326 e. The third-order valence-corrected chi connectivity index (χ3v) is 4.60. The van der Waals surface area contributed by atoms with Crippen molar-refractivity contribution in [3.63, 3.8) is 0 Å². The highest BCUT2D eigenvalue weighted by Crippen LogP contribution is 2.22. The number of rotatable bonds is 4. The van der Waals surface area contributed by atoms with Gasteiger partial charge in [0.2, 0.25) is 11.8 Å². The van der Waals surface area contributed by atoms with Crippen molar-refractivity contribution in [3.8, 4) is 11.9 Å². The van der Waals surface area contributed by atoms with E-state index in [0.29, 0.717) is 10.9 Å². The summed E-state index contributed by atoms with van der Waals surface area (Å²) in [5.41, 5.74) is 0.517. The minimum atomic E-state index is -0.627. The minimum absolute atomic E-state index is 0.0810. The minimum Gasteiger partial charge on any atom is -0.493 e. The van der Waals surface area contributed by atoms with Crippen molar-refractivity contribution >= 4 is 23.4 Å². The van der Waals surface area contributed by atoms with Gasteiger partial charge >= 0.3 is 5.69 Å². The highest BCUT2D eigenvalue weighted by molar-refractivity contribution is 5.60. The fourth-order valence-corrected chi connectivity index (χ4v) is 2.94. The molecule has 0 aliphatic heterocycles. The standard InChI is InChI=1S/C19H14FN9O2/c20-12-5-9(7-21)1-4-13(12)24-17-26-15-10(6-14-16(30)27-19(31)25-14)8-22-29(15)18(28-17)23-11-2-3-11/h1,4-6,8,11,30H,2-3H2,(H,23,24,28)(H2,25,27,31)/b10-6-. The van der Waals surface area contributed by atoms with Crippen LogP contribution in [0.3, 0.4) is 0 Å². The number of H-pyrrole nitrogens is 2. The second kappa shape index (κ2) is 7.06. The second-order valence-electron chi connectivity index (χ2n) is 6.96. The first kappa shape index (κ1) is 18.5. The van der Waals surface area contributed by atoms with Gasteiger partial charge in [0, 0.05) is 5.22 Å². The third-order valence-electron chi connectivity index (χ3n) is 4.60. The van der Waals surface area contributed by atoms with E-state index in [-0.39, 0.29) is 40.4 Å². The van der Waals surface area contributed by atoms with Crippen LogP contribution in [0.15, 0.2) is 34.2 Å². The number of halogens is 1. The lowest BCUT2D eigenvalue weighted by Gasteiger charge is -2.06. The number of hydrogen-bond acceptors (Lipinski definition) is 8. The Balaban J connectivity index is 1.66.